The van der Waals surface area contributed by atoms with Gasteiger partial charge in [-0.1, -0.05) is 0 Å². The van der Waals surface area contributed by atoms with Crippen LogP contribution in [0.15, 0.2) is 24.3 Å². The lowest BCUT2D eigenvalue weighted by Crippen LogP contribution is -2.15. The number of carbonyl (C=O) groups excluding carboxylic acids is 3. The molecule has 0 aliphatic rings. The highest BCUT2D eigenvalue weighted by Gasteiger charge is 2.24. The van der Waals surface area contributed by atoms with Crippen molar-refractivity contribution in [1.82, 2.24) is 4.98 Å². The van der Waals surface area contributed by atoms with Gasteiger partial charge in [0.2, 0.25) is 0 Å². The minimum Gasteiger partial charge on any atom is -0.462 e. The number of esters is 2. The third kappa shape index (κ3) is 4.12. The number of nitrogens with one attached hydrogen (secondary N) is 1. The lowest BCUT2D eigenvalue weighted by atomic mass is 10.1. The fourth-order valence-electron chi connectivity index (χ4n) is 2.39. The number of aryl methyl sites for hydroxylation is 1. The maximum absolute atomic E-state index is 12.9. The molecule has 0 bridgehead atoms. The van der Waals surface area contributed by atoms with Crippen molar-refractivity contribution in [2.45, 2.75) is 20.8 Å². The van der Waals surface area contributed by atoms with E-state index in [-0.39, 0.29) is 23.4 Å². The maximum Gasteiger partial charge on any atom is 0.355 e. The summed E-state index contributed by atoms with van der Waals surface area (Å²) in [5, 5.41) is 0. The first-order valence-corrected chi connectivity index (χ1v) is 7.67. The molecule has 0 saturated heterocycles. The van der Waals surface area contributed by atoms with Crippen LogP contribution >= 0.6 is 0 Å². The van der Waals surface area contributed by atoms with E-state index < -0.39 is 30.1 Å². The summed E-state index contributed by atoms with van der Waals surface area (Å²) in [4.78, 5) is 38.9. The maximum atomic E-state index is 12.9. The highest BCUT2D eigenvalue weighted by molar-refractivity contribution is 6.01. The largest absolute Gasteiger partial charge is 0.462 e. The smallest absolute Gasteiger partial charge is 0.355 e. The Bertz CT molecular complexity index is 808. The second-order valence-corrected chi connectivity index (χ2v) is 5.35. The number of ketones is 1. The van der Waals surface area contributed by atoms with Crippen molar-refractivity contribution in [2.24, 2.45) is 0 Å². The molecule has 0 radical (unpaired) electrons. The molecule has 0 atom stereocenters. The molecule has 1 N–H and O–H groups in total. The van der Waals surface area contributed by atoms with Gasteiger partial charge < -0.3 is 14.5 Å². The Morgan fingerprint density at radius 2 is 1.68 bits per heavy atom. The van der Waals surface area contributed by atoms with Gasteiger partial charge >= 0.3 is 11.9 Å². The van der Waals surface area contributed by atoms with Gasteiger partial charge in [-0.05, 0) is 50.6 Å². The molecule has 1 heterocycles. The van der Waals surface area contributed by atoms with E-state index in [9.17, 15) is 18.8 Å². The van der Waals surface area contributed by atoms with Gasteiger partial charge in [0.05, 0.1) is 12.2 Å². The molecular weight excluding hydrogens is 329 g/mol. The number of rotatable bonds is 6. The van der Waals surface area contributed by atoms with Crippen molar-refractivity contribution in [3.8, 4) is 0 Å². The van der Waals surface area contributed by atoms with Crippen LogP contribution in [0.3, 0.4) is 0 Å². The van der Waals surface area contributed by atoms with Crippen LogP contribution in [0.2, 0.25) is 0 Å². The van der Waals surface area contributed by atoms with Crippen molar-refractivity contribution in [1.29, 1.82) is 0 Å². The van der Waals surface area contributed by atoms with Crippen LogP contribution in [0, 0.1) is 19.7 Å². The fourth-order valence-corrected chi connectivity index (χ4v) is 2.39. The SMILES string of the molecule is CCOC(=O)c1c(C)[nH]c(C(=O)OCC(=O)c2ccc(F)cc2)c1C. The normalized spacial score (nSPS) is 10.4. The molecule has 7 heteroatoms. The highest BCUT2D eigenvalue weighted by Crippen LogP contribution is 2.20. The number of carbonyl (C=O) groups is 3. The molecule has 0 unspecified atom stereocenters. The summed E-state index contributed by atoms with van der Waals surface area (Å²) in [7, 11) is 0. The Balaban J connectivity index is 2.08. The van der Waals surface area contributed by atoms with E-state index in [4.69, 9.17) is 9.47 Å². The molecule has 132 valence electrons. The average Bonchev–Trinajstić information content (AvgIpc) is 2.88. The number of H-pyrrole nitrogens is 1. The number of aromatic amines is 1. The van der Waals surface area contributed by atoms with Crippen LogP contribution in [0.5, 0.6) is 0 Å². The van der Waals surface area contributed by atoms with Gasteiger partial charge in [-0.15, -0.1) is 0 Å². The van der Waals surface area contributed by atoms with E-state index >= 15 is 0 Å². The molecular formula is C18H18FNO5. The van der Waals surface area contributed by atoms with Gasteiger partial charge in [-0.2, -0.15) is 0 Å². The lowest BCUT2D eigenvalue weighted by molar-refractivity contribution is 0.0468. The summed E-state index contributed by atoms with van der Waals surface area (Å²) in [5.74, 6) is -2.21. The van der Waals surface area contributed by atoms with Crippen molar-refractivity contribution < 1.29 is 28.2 Å². The van der Waals surface area contributed by atoms with Crippen molar-refractivity contribution in [2.75, 3.05) is 13.2 Å². The fraction of sp³-hybridized carbons (Fsp3) is 0.278. The molecule has 2 aromatic rings. The molecule has 0 spiro atoms. The molecule has 2 rings (SSSR count). The minimum absolute atomic E-state index is 0.0902. The van der Waals surface area contributed by atoms with Gasteiger partial charge in [0.25, 0.3) is 0 Å². The Morgan fingerprint density at radius 3 is 2.28 bits per heavy atom. The molecule has 6 nitrogen and oxygen atoms in total. The van der Waals surface area contributed by atoms with Crippen LogP contribution in [0.4, 0.5) is 4.39 Å². The Hall–Kier alpha value is -2.96. The van der Waals surface area contributed by atoms with E-state index in [1.165, 1.54) is 12.1 Å². The van der Waals surface area contributed by atoms with Crippen molar-refractivity contribution in [3.05, 3.63) is 58.2 Å². The third-order valence-corrected chi connectivity index (χ3v) is 3.62. The standard InChI is InChI=1S/C18H18FNO5/c1-4-24-17(22)15-10(2)16(20-11(15)3)18(23)25-9-14(21)12-5-7-13(19)8-6-12/h5-8,20H,4,9H2,1-3H3. The zero-order valence-corrected chi connectivity index (χ0v) is 14.1. The van der Waals surface area contributed by atoms with Gasteiger partial charge in [0.1, 0.15) is 11.5 Å². The quantitative estimate of drug-likeness (QED) is 0.641. The summed E-state index contributed by atoms with van der Waals surface area (Å²) < 4.78 is 22.8. The monoisotopic (exact) mass is 347 g/mol. The minimum atomic E-state index is -0.758. The predicted octanol–water partition coefficient (Wildman–Crippen LogP) is 2.99. The van der Waals surface area contributed by atoms with Gasteiger partial charge in [0.15, 0.2) is 12.4 Å². The van der Waals surface area contributed by atoms with E-state index in [0.29, 0.717) is 11.3 Å². The summed E-state index contributed by atoms with van der Waals surface area (Å²) in [6.07, 6.45) is 0. The number of ether oxygens (including phenoxy) is 2. The second kappa shape index (κ2) is 7.74. The van der Waals surface area contributed by atoms with E-state index in [1.54, 1.807) is 20.8 Å². The Morgan fingerprint density at radius 1 is 1.04 bits per heavy atom. The van der Waals surface area contributed by atoms with Gasteiger partial charge in [0, 0.05) is 11.3 Å². The first-order chi connectivity index (χ1) is 11.8. The number of hydrogen-bond donors (Lipinski definition) is 1. The van der Waals surface area contributed by atoms with Crippen molar-refractivity contribution in [3.63, 3.8) is 0 Å². The molecule has 1 aromatic heterocycles. The summed E-state index contributed by atoms with van der Waals surface area (Å²) in [6, 6.07) is 4.93. The predicted molar refractivity (Wildman–Crippen MR) is 87.2 cm³/mol. The zero-order chi connectivity index (χ0) is 18.6. The van der Waals surface area contributed by atoms with Crippen LogP contribution < -0.4 is 0 Å². The topological polar surface area (TPSA) is 85.5 Å². The molecule has 1 aromatic carbocycles. The van der Waals surface area contributed by atoms with Crippen LogP contribution in [0.25, 0.3) is 0 Å². The summed E-state index contributed by atoms with van der Waals surface area (Å²) in [6.45, 7) is 4.64. The number of halogens is 1. The molecule has 0 amide bonds. The van der Waals surface area contributed by atoms with E-state index in [0.717, 1.165) is 12.1 Å². The first kappa shape index (κ1) is 18.4. The van der Waals surface area contributed by atoms with E-state index in [1.807, 2.05) is 0 Å². The van der Waals surface area contributed by atoms with Crippen LogP contribution in [0.1, 0.15) is 49.4 Å². The van der Waals surface area contributed by atoms with Crippen LogP contribution in [-0.4, -0.2) is 35.9 Å². The zero-order valence-electron chi connectivity index (χ0n) is 14.1. The Labute approximate surface area is 143 Å². The number of Topliss-reactive ketones (excluding diaryl/α,β-unsaturated/α-hetero) is 1. The number of hydrogen-bond acceptors (Lipinski definition) is 5. The van der Waals surface area contributed by atoms with E-state index in [2.05, 4.69) is 4.98 Å². The lowest BCUT2D eigenvalue weighted by Gasteiger charge is -2.05. The highest BCUT2D eigenvalue weighted by atomic mass is 19.1. The Kier molecular flexibility index (Phi) is 5.69. The van der Waals surface area contributed by atoms with Gasteiger partial charge in [-0.25, -0.2) is 14.0 Å². The molecule has 0 saturated carbocycles. The summed E-state index contributed by atoms with van der Waals surface area (Å²) in [5.41, 5.74) is 1.48. The number of benzene rings is 1. The second-order valence-electron chi connectivity index (χ2n) is 5.35. The molecule has 0 aliphatic carbocycles. The van der Waals surface area contributed by atoms with Crippen molar-refractivity contribution >= 4 is 17.7 Å². The molecule has 0 fully saturated rings. The third-order valence-electron chi connectivity index (χ3n) is 3.62. The average molecular weight is 347 g/mol. The van der Waals surface area contributed by atoms with Crippen LogP contribution in [-0.2, 0) is 9.47 Å². The van der Waals surface area contributed by atoms with Gasteiger partial charge in [-0.3, -0.25) is 4.79 Å². The summed E-state index contributed by atoms with van der Waals surface area (Å²) >= 11 is 0. The molecule has 0 aliphatic heterocycles. The number of aromatic nitrogens is 1. The first-order valence-electron chi connectivity index (χ1n) is 7.67. The molecule has 25 heavy (non-hydrogen) atoms.